The van der Waals surface area contributed by atoms with E-state index >= 15 is 0 Å². The van der Waals surface area contributed by atoms with Crippen molar-refractivity contribution in [1.29, 1.82) is 0 Å². The lowest BCUT2D eigenvalue weighted by molar-refractivity contribution is 0.379. The number of benzene rings is 2. The average molecular weight is 323 g/mol. The van der Waals surface area contributed by atoms with Gasteiger partial charge in [0.05, 0.1) is 21.3 Å². The van der Waals surface area contributed by atoms with Gasteiger partial charge in [-0.25, -0.2) is 4.98 Å². The van der Waals surface area contributed by atoms with Gasteiger partial charge in [0.1, 0.15) is 11.5 Å². The van der Waals surface area contributed by atoms with Gasteiger partial charge in [-0.15, -0.1) is 0 Å². The maximum atomic E-state index is 5.22. The molecule has 1 aromatic heterocycles. The van der Waals surface area contributed by atoms with E-state index in [1.165, 1.54) is 7.11 Å². The molecule has 0 saturated heterocycles. The number of hydrogen-bond acceptors (Lipinski definition) is 6. The zero-order chi connectivity index (χ0) is 16.9. The Morgan fingerprint density at radius 1 is 0.542 bits per heavy atom. The number of aromatic nitrogens is 3. The summed E-state index contributed by atoms with van der Waals surface area (Å²) in [5.74, 6) is 2.62. The molecule has 0 bridgehead atoms. The Morgan fingerprint density at radius 3 is 1.29 bits per heavy atom. The summed E-state index contributed by atoms with van der Waals surface area (Å²) in [5, 5.41) is 0. The van der Waals surface area contributed by atoms with Crippen LogP contribution in [0.15, 0.2) is 48.5 Å². The van der Waals surface area contributed by atoms with Gasteiger partial charge in [0.2, 0.25) is 0 Å². The van der Waals surface area contributed by atoms with Crippen molar-refractivity contribution in [2.24, 2.45) is 0 Å². The van der Waals surface area contributed by atoms with Crippen LogP contribution in [0.4, 0.5) is 0 Å². The SMILES string of the molecule is COc1ccc(-c2nc(OC)nc(-c3ccc(OC)cc3)n2)cc1. The molecule has 0 aliphatic rings. The van der Waals surface area contributed by atoms with E-state index in [9.17, 15) is 0 Å². The Bertz CT molecular complexity index is 752. The van der Waals surface area contributed by atoms with Crippen molar-refractivity contribution in [3.63, 3.8) is 0 Å². The summed E-state index contributed by atoms with van der Waals surface area (Å²) >= 11 is 0. The smallest absolute Gasteiger partial charge is 0.320 e. The highest BCUT2D eigenvalue weighted by Gasteiger charge is 2.11. The molecular weight excluding hydrogens is 306 g/mol. The summed E-state index contributed by atoms with van der Waals surface area (Å²) in [4.78, 5) is 13.2. The van der Waals surface area contributed by atoms with Gasteiger partial charge >= 0.3 is 6.01 Å². The van der Waals surface area contributed by atoms with Crippen LogP contribution in [0.3, 0.4) is 0 Å². The minimum Gasteiger partial charge on any atom is -0.497 e. The van der Waals surface area contributed by atoms with Crippen LogP contribution >= 0.6 is 0 Å². The summed E-state index contributed by atoms with van der Waals surface area (Å²) in [5.41, 5.74) is 1.71. The third-order valence-electron chi connectivity index (χ3n) is 3.49. The molecule has 0 unspecified atom stereocenters. The first kappa shape index (κ1) is 15.7. The van der Waals surface area contributed by atoms with Crippen LogP contribution in [0, 0.1) is 0 Å². The fourth-order valence-corrected chi connectivity index (χ4v) is 2.19. The van der Waals surface area contributed by atoms with Gasteiger partial charge in [0.15, 0.2) is 11.6 Å². The minimum atomic E-state index is 0.265. The Kier molecular flexibility index (Phi) is 4.56. The fourth-order valence-electron chi connectivity index (χ4n) is 2.19. The topological polar surface area (TPSA) is 66.4 Å². The first-order chi connectivity index (χ1) is 11.7. The lowest BCUT2D eigenvalue weighted by Crippen LogP contribution is -2.00. The molecule has 122 valence electrons. The van der Waals surface area contributed by atoms with Crippen LogP contribution in [0.25, 0.3) is 22.8 Å². The van der Waals surface area contributed by atoms with Gasteiger partial charge in [-0.05, 0) is 48.5 Å². The molecule has 2 aromatic carbocycles. The van der Waals surface area contributed by atoms with Crippen LogP contribution in [0.2, 0.25) is 0 Å². The summed E-state index contributed by atoms with van der Waals surface area (Å²) in [7, 11) is 4.79. The third kappa shape index (κ3) is 3.27. The lowest BCUT2D eigenvalue weighted by atomic mass is 10.2. The predicted octanol–water partition coefficient (Wildman–Crippen LogP) is 3.23. The van der Waals surface area contributed by atoms with E-state index in [2.05, 4.69) is 15.0 Å². The van der Waals surface area contributed by atoms with Crippen molar-refractivity contribution in [2.45, 2.75) is 0 Å². The first-order valence-corrected chi connectivity index (χ1v) is 7.32. The zero-order valence-electron chi connectivity index (χ0n) is 13.7. The van der Waals surface area contributed by atoms with Crippen molar-refractivity contribution in [3.05, 3.63) is 48.5 Å². The van der Waals surface area contributed by atoms with E-state index in [0.29, 0.717) is 11.6 Å². The van der Waals surface area contributed by atoms with Crippen LogP contribution in [0.1, 0.15) is 0 Å². The van der Waals surface area contributed by atoms with Crippen molar-refractivity contribution >= 4 is 0 Å². The van der Waals surface area contributed by atoms with Crippen LogP contribution in [-0.4, -0.2) is 36.3 Å². The summed E-state index contributed by atoms with van der Waals surface area (Å²) < 4.78 is 15.6. The number of nitrogens with zero attached hydrogens (tertiary/aromatic N) is 3. The molecule has 0 saturated carbocycles. The van der Waals surface area contributed by atoms with E-state index in [-0.39, 0.29) is 6.01 Å². The van der Waals surface area contributed by atoms with E-state index in [4.69, 9.17) is 14.2 Å². The number of hydrogen-bond donors (Lipinski definition) is 0. The molecule has 6 nitrogen and oxygen atoms in total. The molecule has 0 aliphatic carbocycles. The van der Waals surface area contributed by atoms with E-state index in [1.807, 2.05) is 48.5 Å². The van der Waals surface area contributed by atoms with Crippen LogP contribution in [0.5, 0.6) is 17.5 Å². The Labute approximate surface area is 140 Å². The Hall–Kier alpha value is -3.15. The van der Waals surface area contributed by atoms with Gasteiger partial charge in [0.25, 0.3) is 0 Å². The normalized spacial score (nSPS) is 10.3. The maximum absolute atomic E-state index is 5.22. The second kappa shape index (κ2) is 6.95. The molecule has 0 radical (unpaired) electrons. The third-order valence-corrected chi connectivity index (χ3v) is 3.49. The minimum absolute atomic E-state index is 0.265. The van der Waals surface area contributed by atoms with Gasteiger partial charge in [-0.1, -0.05) is 0 Å². The van der Waals surface area contributed by atoms with Gasteiger partial charge in [-0.3, -0.25) is 0 Å². The molecule has 0 amide bonds. The molecular formula is C18H17N3O3. The molecule has 3 aromatic rings. The predicted molar refractivity (Wildman–Crippen MR) is 90.4 cm³/mol. The summed E-state index contributed by atoms with van der Waals surface area (Å²) in [6.45, 7) is 0. The standard InChI is InChI=1S/C18H17N3O3/c1-22-14-8-4-12(5-9-14)16-19-17(21-18(20-16)24-3)13-6-10-15(23-2)11-7-13/h4-11H,1-3H3. The molecule has 0 spiro atoms. The number of methoxy groups -OCH3 is 3. The monoisotopic (exact) mass is 323 g/mol. The second-order valence-corrected chi connectivity index (χ2v) is 4.93. The van der Waals surface area contributed by atoms with Crippen molar-refractivity contribution in [2.75, 3.05) is 21.3 Å². The Balaban J connectivity index is 2.03. The molecule has 1 heterocycles. The van der Waals surface area contributed by atoms with Crippen LogP contribution < -0.4 is 14.2 Å². The van der Waals surface area contributed by atoms with Gasteiger partial charge < -0.3 is 14.2 Å². The van der Waals surface area contributed by atoms with Crippen molar-refractivity contribution < 1.29 is 14.2 Å². The average Bonchev–Trinajstić information content (AvgIpc) is 2.67. The largest absolute Gasteiger partial charge is 0.497 e. The highest BCUT2D eigenvalue weighted by Crippen LogP contribution is 2.25. The highest BCUT2D eigenvalue weighted by atomic mass is 16.5. The lowest BCUT2D eigenvalue weighted by Gasteiger charge is -2.08. The molecule has 0 atom stereocenters. The molecule has 24 heavy (non-hydrogen) atoms. The first-order valence-electron chi connectivity index (χ1n) is 7.32. The van der Waals surface area contributed by atoms with E-state index in [0.717, 1.165) is 22.6 Å². The molecule has 0 aliphatic heterocycles. The molecule has 3 rings (SSSR count). The summed E-state index contributed by atoms with van der Waals surface area (Å²) in [6.07, 6.45) is 0. The number of ether oxygens (including phenoxy) is 3. The van der Waals surface area contributed by atoms with Gasteiger partial charge in [0, 0.05) is 11.1 Å². The fraction of sp³-hybridized carbons (Fsp3) is 0.167. The summed E-state index contributed by atoms with van der Waals surface area (Å²) in [6, 6.07) is 15.3. The van der Waals surface area contributed by atoms with Gasteiger partial charge in [-0.2, -0.15) is 9.97 Å². The quantitative estimate of drug-likeness (QED) is 0.718. The second-order valence-electron chi connectivity index (χ2n) is 4.93. The maximum Gasteiger partial charge on any atom is 0.320 e. The highest BCUT2D eigenvalue weighted by molar-refractivity contribution is 5.62. The van der Waals surface area contributed by atoms with Crippen molar-refractivity contribution in [1.82, 2.24) is 15.0 Å². The van der Waals surface area contributed by atoms with E-state index < -0.39 is 0 Å². The molecule has 0 N–H and O–H groups in total. The van der Waals surface area contributed by atoms with Crippen LogP contribution in [-0.2, 0) is 0 Å². The Morgan fingerprint density at radius 2 is 0.958 bits per heavy atom. The van der Waals surface area contributed by atoms with E-state index in [1.54, 1.807) is 14.2 Å². The number of rotatable bonds is 5. The van der Waals surface area contributed by atoms with Crippen molar-refractivity contribution in [3.8, 4) is 40.3 Å². The molecule has 6 heteroatoms. The zero-order valence-corrected chi connectivity index (χ0v) is 13.7. The molecule has 0 fully saturated rings.